The summed E-state index contributed by atoms with van der Waals surface area (Å²) >= 11 is 1.39. The Bertz CT molecular complexity index is 304. The lowest BCUT2D eigenvalue weighted by Gasteiger charge is -2.11. The molecule has 0 fully saturated rings. The van der Waals surface area contributed by atoms with Crippen LogP contribution in [-0.4, -0.2) is 24.1 Å². The first-order chi connectivity index (χ1) is 6.67. The summed E-state index contributed by atoms with van der Waals surface area (Å²) < 4.78 is 18.0. The molecule has 0 amide bonds. The number of hydrogen-bond donors (Lipinski definition) is 1. The van der Waals surface area contributed by atoms with Crippen LogP contribution in [0.2, 0.25) is 0 Å². The molecule has 0 bridgehead atoms. The number of aliphatic hydroxyl groups is 1. The number of methoxy groups -OCH3 is 1. The molecule has 0 aliphatic carbocycles. The molecule has 1 aromatic rings. The highest BCUT2D eigenvalue weighted by molar-refractivity contribution is 8.00. The maximum absolute atomic E-state index is 12.9. The second kappa shape index (κ2) is 5.22. The summed E-state index contributed by atoms with van der Waals surface area (Å²) in [5.41, 5.74) is 0. The number of hydrogen-bond acceptors (Lipinski definition) is 3. The zero-order chi connectivity index (χ0) is 10.6. The van der Waals surface area contributed by atoms with Gasteiger partial charge in [0.15, 0.2) is 0 Å². The number of aliphatic hydroxyl groups excluding tert-OH is 1. The van der Waals surface area contributed by atoms with Gasteiger partial charge in [-0.2, -0.15) is 0 Å². The van der Waals surface area contributed by atoms with Gasteiger partial charge in [0, 0.05) is 5.25 Å². The Labute approximate surface area is 87.1 Å². The van der Waals surface area contributed by atoms with Gasteiger partial charge in [0.1, 0.15) is 11.6 Å². The number of thioether (sulfide) groups is 1. The van der Waals surface area contributed by atoms with Crippen molar-refractivity contribution in [2.24, 2.45) is 0 Å². The number of halogens is 1. The standard InChI is InChI=1S/C10H13FO2S/c1-7(6-12)14-10-5-8(11)3-4-9(10)13-2/h3-5,7,12H,6H2,1-2H3. The van der Waals surface area contributed by atoms with Crippen molar-refractivity contribution in [1.29, 1.82) is 0 Å². The van der Waals surface area contributed by atoms with Crippen LogP contribution in [0.15, 0.2) is 23.1 Å². The van der Waals surface area contributed by atoms with Crippen LogP contribution in [0.4, 0.5) is 4.39 Å². The molecule has 1 rings (SSSR count). The molecule has 0 heterocycles. The van der Waals surface area contributed by atoms with Crippen LogP contribution in [0.25, 0.3) is 0 Å². The maximum atomic E-state index is 12.9. The first-order valence-corrected chi connectivity index (χ1v) is 5.16. The van der Waals surface area contributed by atoms with Crippen molar-refractivity contribution in [2.45, 2.75) is 17.1 Å². The van der Waals surface area contributed by atoms with Crippen LogP contribution in [0.1, 0.15) is 6.92 Å². The molecule has 1 atom stereocenters. The third-order valence-electron chi connectivity index (χ3n) is 1.71. The molecular weight excluding hydrogens is 203 g/mol. The van der Waals surface area contributed by atoms with Crippen LogP contribution >= 0.6 is 11.8 Å². The average Bonchev–Trinajstić information content (AvgIpc) is 2.18. The van der Waals surface area contributed by atoms with Gasteiger partial charge in [0.2, 0.25) is 0 Å². The van der Waals surface area contributed by atoms with Crippen LogP contribution in [0.3, 0.4) is 0 Å². The molecule has 1 unspecified atom stereocenters. The summed E-state index contributed by atoms with van der Waals surface area (Å²) in [6, 6.07) is 4.35. The van der Waals surface area contributed by atoms with Gasteiger partial charge in [0.05, 0.1) is 18.6 Å². The van der Waals surface area contributed by atoms with Crippen molar-refractivity contribution in [3.05, 3.63) is 24.0 Å². The third-order valence-corrected chi connectivity index (χ3v) is 2.84. The van der Waals surface area contributed by atoms with Gasteiger partial charge in [-0.25, -0.2) is 4.39 Å². The monoisotopic (exact) mass is 216 g/mol. The summed E-state index contributed by atoms with van der Waals surface area (Å²) in [5.74, 6) is 0.343. The fourth-order valence-corrected chi connectivity index (χ4v) is 1.95. The van der Waals surface area contributed by atoms with E-state index in [1.807, 2.05) is 6.92 Å². The smallest absolute Gasteiger partial charge is 0.132 e. The van der Waals surface area contributed by atoms with E-state index in [1.165, 1.54) is 23.9 Å². The molecule has 0 radical (unpaired) electrons. The molecule has 4 heteroatoms. The Balaban J connectivity index is 2.87. The van der Waals surface area contributed by atoms with E-state index in [0.29, 0.717) is 10.6 Å². The largest absolute Gasteiger partial charge is 0.496 e. The molecule has 78 valence electrons. The number of benzene rings is 1. The van der Waals surface area contributed by atoms with Gasteiger partial charge in [-0.3, -0.25) is 0 Å². The van der Waals surface area contributed by atoms with E-state index in [4.69, 9.17) is 9.84 Å². The SMILES string of the molecule is COc1ccc(F)cc1SC(C)CO. The van der Waals surface area contributed by atoms with Gasteiger partial charge in [-0.15, -0.1) is 11.8 Å². The fourth-order valence-electron chi connectivity index (χ4n) is 0.997. The van der Waals surface area contributed by atoms with E-state index in [9.17, 15) is 4.39 Å². The quantitative estimate of drug-likeness (QED) is 0.783. The summed E-state index contributed by atoms with van der Waals surface area (Å²) in [7, 11) is 1.54. The highest BCUT2D eigenvalue weighted by atomic mass is 32.2. The molecule has 14 heavy (non-hydrogen) atoms. The highest BCUT2D eigenvalue weighted by Gasteiger charge is 2.09. The van der Waals surface area contributed by atoms with Crippen molar-refractivity contribution in [1.82, 2.24) is 0 Å². The lowest BCUT2D eigenvalue weighted by Crippen LogP contribution is -2.02. The van der Waals surface area contributed by atoms with Gasteiger partial charge < -0.3 is 9.84 Å². The fraction of sp³-hybridized carbons (Fsp3) is 0.400. The molecule has 1 N–H and O–H groups in total. The maximum Gasteiger partial charge on any atom is 0.132 e. The van der Waals surface area contributed by atoms with E-state index >= 15 is 0 Å². The molecule has 0 aromatic heterocycles. The molecule has 0 saturated carbocycles. The first kappa shape index (κ1) is 11.3. The molecule has 0 saturated heterocycles. The van der Waals surface area contributed by atoms with E-state index in [0.717, 1.165) is 0 Å². The Hall–Kier alpha value is -0.740. The number of rotatable bonds is 4. The lowest BCUT2D eigenvalue weighted by atomic mass is 10.3. The first-order valence-electron chi connectivity index (χ1n) is 4.28. The van der Waals surface area contributed by atoms with Crippen molar-refractivity contribution in [3.63, 3.8) is 0 Å². The van der Waals surface area contributed by atoms with E-state index in [1.54, 1.807) is 13.2 Å². The van der Waals surface area contributed by atoms with Crippen molar-refractivity contribution in [2.75, 3.05) is 13.7 Å². The predicted molar refractivity (Wildman–Crippen MR) is 55.4 cm³/mol. The van der Waals surface area contributed by atoms with E-state index in [-0.39, 0.29) is 17.7 Å². The highest BCUT2D eigenvalue weighted by Crippen LogP contribution is 2.32. The Morgan fingerprint density at radius 3 is 2.86 bits per heavy atom. The zero-order valence-corrected chi connectivity index (χ0v) is 8.97. The summed E-state index contributed by atoms with van der Waals surface area (Å²) in [4.78, 5) is 0.717. The Morgan fingerprint density at radius 2 is 2.29 bits per heavy atom. The molecular formula is C10H13FO2S. The van der Waals surface area contributed by atoms with Crippen molar-refractivity contribution < 1.29 is 14.2 Å². The molecule has 0 spiro atoms. The van der Waals surface area contributed by atoms with E-state index < -0.39 is 0 Å². The van der Waals surface area contributed by atoms with Crippen LogP contribution in [-0.2, 0) is 0 Å². The third kappa shape index (κ3) is 2.89. The van der Waals surface area contributed by atoms with E-state index in [2.05, 4.69) is 0 Å². The van der Waals surface area contributed by atoms with Gasteiger partial charge in [0.25, 0.3) is 0 Å². The average molecular weight is 216 g/mol. The molecule has 0 aliphatic heterocycles. The van der Waals surface area contributed by atoms with Crippen LogP contribution in [0, 0.1) is 5.82 Å². The minimum absolute atomic E-state index is 0.0331. The predicted octanol–water partition coefficient (Wildman–Crippen LogP) is 2.31. The number of ether oxygens (including phenoxy) is 1. The molecule has 0 aliphatic rings. The summed E-state index contributed by atoms with van der Waals surface area (Å²) in [6.45, 7) is 1.93. The Kier molecular flexibility index (Phi) is 4.22. The second-order valence-electron chi connectivity index (χ2n) is 2.91. The molecule has 1 aromatic carbocycles. The Morgan fingerprint density at radius 1 is 1.57 bits per heavy atom. The minimum Gasteiger partial charge on any atom is -0.496 e. The van der Waals surface area contributed by atoms with Crippen LogP contribution in [0.5, 0.6) is 5.75 Å². The summed E-state index contributed by atoms with van der Waals surface area (Å²) in [5, 5.41) is 8.91. The topological polar surface area (TPSA) is 29.5 Å². The zero-order valence-electron chi connectivity index (χ0n) is 8.16. The van der Waals surface area contributed by atoms with Crippen LogP contribution < -0.4 is 4.74 Å². The van der Waals surface area contributed by atoms with Gasteiger partial charge in [-0.1, -0.05) is 6.92 Å². The normalized spacial score (nSPS) is 12.6. The second-order valence-corrected chi connectivity index (χ2v) is 4.39. The lowest BCUT2D eigenvalue weighted by molar-refractivity contribution is 0.300. The van der Waals surface area contributed by atoms with Crippen molar-refractivity contribution in [3.8, 4) is 5.75 Å². The minimum atomic E-state index is -0.293. The van der Waals surface area contributed by atoms with Gasteiger partial charge in [-0.05, 0) is 18.2 Å². The summed E-state index contributed by atoms with van der Waals surface area (Å²) in [6.07, 6.45) is 0. The van der Waals surface area contributed by atoms with Crippen molar-refractivity contribution >= 4 is 11.8 Å². The van der Waals surface area contributed by atoms with Gasteiger partial charge >= 0.3 is 0 Å². The molecule has 2 nitrogen and oxygen atoms in total.